The molecule has 0 amide bonds. The van der Waals surface area contributed by atoms with Gasteiger partial charge in [-0.15, -0.1) is 0 Å². The predicted molar refractivity (Wildman–Crippen MR) is 187 cm³/mol. The van der Waals surface area contributed by atoms with Crippen molar-refractivity contribution >= 4 is 23.5 Å². The Morgan fingerprint density at radius 2 is 0.980 bits per heavy atom. The second-order valence-electron chi connectivity index (χ2n) is 18.9. The largest absolute Gasteiger partial charge is 0.462 e. The van der Waals surface area contributed by atoms with E-state index in [4.69, 9.17) is 9.47 Å². The zero-order chi connectivity index (χ0) is 34.3. The summed E-state index contributed by atoms with van der Waals surface area (Å²) in [6.45, 7) is 9.36. The zero-order valence-corrected chi connectivity index (χ0v) is 30.7. The highest BCUT2D eigenvalue weighted by atomic mass is 16.5. The van der Waals surface area contributed by atoms with Crippen LogP contribution in [0.1, 0.15) is 150 Å². The fraction of sp³-hybridized carbons (Fsp3) is 0.814. The van der Waals surface area contributed by atoms with E-state index in [0.717, 1.165) is 103 Å². The van der Waals surface area contributed by atoms with Crippen LogP contribution >= 0.6 is 0 Å². The van der Waals surface area contributed by atoms with Crippen LogP contribution in [0.15, 0.2) is 23.3 Å². The van der Waals surface area contributed by atoms with Gasteiger partial charge in [0.25, 0.3) is 0 Å². The van der Waals surface area contributed by atoms with Gasteiger partial charge in [0.05, 0.1) is 0 Å². The van der Waals surface area contributed by atoms with Crippen LogP contribution in [0.25, 0.3) is 0 Å². The Morgan fingerprint density at radius 1 is 0.592 bits per heavy atom. The lowest BCUT2D eigenvalue weighted by Gasteiger charge is -2.56. The fourth-order valence-electron chi connectivity index (χ4n) is 13.9. The highest BCUT2D eigenvalue weighted by molar-refractivity contribution is 5.87. The summed E-state index contributed by atoms with van der Waals surface area (Å²) in [6, 6.07) is 0. The molecule has 0 spiro atoms. The van der Waals surface area contributed by atoms with E-state index in [0.29, 0.717) is 53.5 Å². The SMILES string of the molecule is C[C@]12CC[C@H](OC(=O)CCCC(=O)O[C@H]3CC[C@@]4(C)C(=CCC5C4CC[C@]4(C)C(=O)CCC54)C3)CC1=CCC1C2CC[C@]2(C)C(=O)CCC12. The first-order chi connectivity index (χ1) is 23.3. The Balaban J connectivity index is 0.790. The van der Waals surface area contributed by atoms with Gasteiger partial charge in [-0.1, -0.05) is 51.0 Å². The number of hydrogen-bond acceptors (Lipinski definition) is 6. The first-order valence-electron chi connectivity index (χ1n) is 20.2. The molecular formula is C43H60O6. The Labute approximate surface area is 294 Å². The molecule has 268 valence electrons. The van der Waals surface area contributed by atoms with Gasteiger partial charge in [-0.25, -0.2) is 0 Å². The zero-order valence-electron chi connectivity index (χ0n) is 30.7. The molecule has 8 aliphatic rings. The number of carbonyl (C=O) groups excluding carboxylic acids is 4. The van der Waals surface area contributed by atoms with E-state index < -0.39 is 0 Å². The first kappa shape index (κ1) is 33.9. The number of allylic oxidation sites excluding steroid dienone is 2. The summed E-state index contributed by atoms with van der Waals surface area (Å²) in [6.07, 6.45) is 21.3. The van der Waals surface area contributed by atoms with E-state index in [1.54, 1.807) is 0 Å². The third-order valence-electron chi connectivity index (χ3n) is 16.9. The minimum atomic E-state index is -0.198. The second-order valence-corrected chi connectivity index (χ2v) is 18.9. The summed E-state index contributed by atoms with van der Waals surface area (Å²) in [4.78, 5) is 51.3. The fourth-order valence-corrected chi connectivity index (χ4v) is 13.9. The topological polar surface area (TPSA) is 86.7 Å². The number of fused-ring (bicyclic) bond motifs is 10. The number of hydrogen-bond donors (Lipinski definition) is 0. The molecule has 6 unspecified atom stereocenters. The predicted octanol–water partition coefficient (Wildman–Crippen LogP) is 9.04. The standard InChI is InChI=1S/C43H60O6/c1-40-20-16-28(24-26(40)8-10-30-32-12-14-36(44)42(32,3)22-18-34(30)40)48-38(46)6-5-7-39(47)49-29-17-21-41(2)27(25-29)9-11-31-33-13-15-37(45)43(33,4)23-19-35(31)41/h8-9,28-35H,5-7,10-25H2,1-4H3/t28-,29-,30?,31?,32?,33?,34?,35?,40-,41-,42-,43-/m0/s1. The van der Waals surface area contributed by atoms with Crippen LogP contribution in [-0.4, -0.2) is 35.7 Å². The van der Waals surface area contributed by atoms with Crippen LogP contribution in [0.5, 0.6) is 0 Å². The number of ether oxygens (including phenoxy) is 2. The molecule has 0 aromatic heterocycles. The summed E-state index contributed by atoms with van der Waals surface area (Å²) >= 11 is 0. The first-order valence-corrected chi connectivity index (χ1v) is 20.2. The number of ketones is 2. The Morgan fingerprint density at radius 3 is 1.41 bits per heavy atom. The van der Waals surface area contributed by atoms with E-state index in [-0.39, 0.29) is 58.6 Å². The van der Waals surface area contributed by atoms with Crippen molar-refractivity contribution in [1.29, 1.82) is 0 Å². The minimum absolute atomic E-state index is 0.0794. The summed E-state index contributed by atoms with van der Waals surface area (Å²) < 4.78 is 12.0. The number of esters is 2. The van der Waals surface area contributed by atoms with Crippen molar-refractivity contribution < 1.29 is 28.7 Å². The number of Topliss-reactive ketones (excluding diaryl/α,β-unsaturated/α-hetero) is 2. The maximum absolute atomic E-state index is 12.9. The van der Waals surface area contributed by atoms with E-state index in [2.05, 4.69) is 39.8 Å². The molecule has 49 heavy (non-hydrogen) atoms. The van der Waals surface area contributed by atoms with E-state index in [9.17, 15) is 19.2 Å². The lowest BCUT2D eigenvalue weighted by Crippen LogP contribution is -2.50. The quantitative estimate of drug-likeness (QED) is 0.207. The van der Waals surface area contributed by atoms with E-state index >= 15 is 0 Å². The molecule has 0 radical (unpaired) electrons. The van der Waals surface area contributed by atoms with Crippen LogP contribution in [0.2, 0.25) is 0 Å². The molecule has 0 saturated heterocycles. The highest BCUT2D eigenvalue weighted by Gasteiger charge is 2.60. The minimum Gasteiger partial charge on any atom is -0.462 e. The summed E-state index contributed by atoms with van der Waals surface area (Å²) in [5.74, 6) is 4.12. The summed E-state index contributed by atoms with van der Waals surface area (Å²) in [5.41, 5.74) is 3.04. The molecule has 8 rings (SSSR count). The maximum atomic E-state index is 12.9. The lowest BCUT2D eigenvalue weighted by molar-refractivity contribution is -0.153. The Hall–Kier alpha value is -2.24. The summed E-state index contributed by atoms with van der Waals surface area (Å²) in [5, 5.41) is 0. The molecule has 8 aliphatic carbocycles. The molecule has 0 aromatic carbocycles. The third-order valence-corrected chi connectivity index (χ3v) is 16.9. The molecule has 6 fully saturated rings. The number of rotatable bonds is 6. The van der Waals surface area contributed by atoms with Crippen LogP contribution in [0, 0.1) is 57.2 Å². The van der Waals surface area contributed by atoms with Gasteiger partial charge in [-0.3, -0.25) is 19.2 Å². The van der Waals surface area contributed by atoms with E-state index in [1.807, 2.05) is 0 Å². The molecule has 6 heteroatoms. The second kappa shape index (κ2) is 12.2. The van der Waals surface area contributed by atoms with Crippen molar-refractivity contribution in [3.8, 4) is 0 Å². The van der Waals surface area contributed by atoms with Gasteiger partial charge >= 0.3 is 11.9 Å². The third kappa shape index (κ3) is 5.37. The molecule has 0 N–H and O–H groups in total. The molecule has 0 aliphatic heterocycles. The average molecular weight is 673 g/mol. The van der Waals surface area contributed by atoms with Crippen molar-refractivity contribution in [2.75, 3.05) is 0 Å². The molecule has 6 saturated carbocycles. The smallest absolute Gasteiger partial charge is 0.306 e. The van der Waals surface area contributed by atoms with Gasteiger partial charge in [0.15, 0.2) is 0 Å². The normalized spacial score (nSPS) is 46.9. The number of carbonyl (C=O) groups is 4. The van der Waals surface area contributed by atoms with Crippen molar-refractivity contribution in [2.24, 2.45) is 57.2 Å². The van der Waals surface area contributed by atoms with Gasteiger partial charge < -0.3 is 9.47 Å². The molecule has 12 atom stereocenters. The van der Waals surface area contributed by atoms with Gasteiger partial charge in [0.1, 0.15) is 23.8 Å². The van der Waals surface area contributed by atoms with Crippen molar-refractivity contribution in [3.05, 3.63) is 23.3 Å². The van der Waals surface area contributed by atoms with Crippen molar-refractivity contribution in [2.45, 2.75) is 162 Å². The van der Waals surface area contributed by atoms with Crippen molar-refractivity contribution in [3.63, 3.8) is 0 Å². The van der Waals surface area contributed by atoms with Crippen LogP contribution in [0.3, 0.4) is 0 Å². The van der Waals surface area contributed by atoms with Gasteiger partial charge in [-0.05, 0) is 130 Å². The van der Waals surface area contributed by atoms with Crippen LogP contribution < -0.4 is 0 Å². The average Bonchev–Trinajstić information content (AvgIpc) is 3.55. The van der Waals surface area contributed by atoms with E-state index in [1.165, 1.54) is 11.1 Å². The van der Waals surface area contributed by atoms with Crippen LogP contribution in [0.4, 0.5) is 0 Å². The monoisotopic (exact) mass is 672 g/mol. The van der Waals surface area contributed by atoms with Gasteiger partial charge in [-0.2, -0.15) is 0 Å². The Kier molecular flexibility index (Phi) is 8.42. The Bertz CT molecular complexity index is 1370. The molecule has 0 aromatic rings. The molecule has 0 bridgehead atoms. The van der Waals surface area contributed by atoms with Gasteiger partial charge in [0.2, 0.25) is 0 Å². The molecule has 0 heterocycles. The lowest BCUT2D eigenvalue weighted by atomic mass is 9.48. The van der Waals surface area contributed by atoms with Crippen LogP contribution in [-0.2, 0) is 28.7 Å². The molecular weight excluding hydrogens is 612 g/mol. The summed E-state index contributed by atoms with van der Waals surface area (Å²) in [7, 11) is 0. The highest BCUT2D eigenvalue weighted by Crippen LogP contribution is 2.65. The molecule has 6 nitrogen and oxygen atoms in total. The van der Waals surface area contributed by atoms with Gasteiger partial charge in [0, 0.05) is 49.4 Å². The van der Waals surface area contributed by atoms with Crippen molar-refractivity contribution in [1.82, 2.24) is 0 Å². The maximum Gasteiger partial charge on any atom is 0.306 e.